The van der Waals surface area contributed by atoms with Crippen molar-refractivity contribution >= 4 is 5.97 Å². The molecule has 22 heavy (non-hydrogen) atoms. The van der Waals surface area contributed by atoms with Gasteiger partial charge in [0, 0.05) is 6.04 Å². The zero-order valence-corrected chi connectivity index (χ0v) is 13.1. The Balaban J connectivity index is 1.41. The number of carbonyl (C=O) groups is 1. The van der Waals surface area contributed by atoms with Crippen LogP contribution in [0.1, 0.15) is 32.1 Å². The van der Waals surface area contributed by atoms with Gasteiger partial charge < -0.3 is 14.4 Å². The van der Waals surface area contributed by atoms with Gasteiger partial charge in [0.15, 0.2) is 0 Å². The summed E-state index contributed by atoms with van der Waals surface area (Å²) in [4.78, 5) is 14.4. The van der Waals surface area contributed by atoms with Crippen LogP contribution in [0.5, 0.6) is 5.75 Å². The van der Waals surface area contributed by atoms with Gasteiger partial charge in [0.1, 0.15) is 12.4 Å². The molecule has 1 aromatic carbocycles. The van der Waals surface area contributed by atoms with Crippen molar-refractivity contribution in [2.24, 2.45) is 5.92 Å². The van der Waals surface area contributed by atoms with Crippen molar-refractivity contribution in [1.82, 2.24) is 4.90 Å². The molecule has 2 fully saturated rings. The number of carbonyl (C=O) groups excluding carboxylic acids is 1. The first-order chi connectivity index (χ1) is 10.8. The molecule has 0 bridgehead atoms. The van der Waals surface area contributed by atoms with Crippen LogP contribution >= 0.6 is 0 Å². The Labute approximate surface area is 132 Å². The molecular formula is C18H25NO3. The summed E-state index contributed by atoms with van der Waals surface area (Å²) < 4.78 is 10.9. The molecule has 0 saturated carbocycles. The third kappa shape index (κ3) is 4.08. The molecule has 4 heteroatoms. The van der Waals surface area contributed by atoms with E-state index >= 15 is 0 Å². The number of ether oxygens (including phenoxy) is 2. The average molecular weight is 303 g/mol. The Morgan fingerprint density at radius 2 is 1.91 bits per heavy atom. The quantitative estimate of drug-likeness (QED) is 0.619. The summed E-state index contributed by atoms with van der Waals surface area (Å²) in [6, 6.07) is 9.81. The second-order valence-corrected chi connectivity index (χ2v) is 6.30. The lowest BCUT2D eigenvalue weighted by molar-refractivity contribution is -0.140. The number of piperidine rings is 2. The van der Waals surface area contributed by atoms with Gasteiger partial charge >= 0.3 is 5.97 Å². The first-order valence-corrected chi connectivity index (χ1v) is 8.40. The molecule has 0 radical (unpaired) electrons. The highest BCUT2D eigenvalue weighted by molar-refractivity contribution is 5.73. The molecule has 2 saturated heterocycles. The molecule has 3 rings (SSSR count). The molecule has 120 valence electrons. The minimum atomic E-state index is -0.317. The second kappa shape index (κ2) is 7.75. The predicted molar refractivity (Wildman–Crippen MR) is 84.8 cm³/mol. The highest BCUT2D eigenvalue weighted by atomic mass is 16.6. The summed E-state index contributed by atoms with van der Waals surface area (Å²) in [7, 11) is 0. The van der Waals surface area contributed by atoms with Crippen LogP contribution in [0.2, 0.25) is 0 Å². The first-order valence-electron chi connectivity index (χ1n) is 8.40. The molecule has 0 aliphatic carbocycles. The van der Waals surface area contributed by atoms with Gasteiger partial charge in [0.2, 0.25) is 0 Å². The van der Waals surface area contributed by atoms with Gasteiger partial charge in [-0.05, 0) is 56.8 Å². The number of rotatable bonds is 5. The Morgan fingerprint density at radius 3 is 2.77 bits per heavy atom. The van der Waals surface area contributed by atoms with E-state index in [0.29, 0.717) is 24.3 Å². The van der Waals surface area contributed by atoms with Gasteiger partial charge in [-0.15, -0.1) is 0 Å². The average Bonchev–Trinajstić information content (AvgIpc) is 2.56. The van der Waals surface area contributed by atoms with E-state index < -0.39 is 0 Å². The maximum absolute atomic E-state index is 11.8. The smallest absolute Gasteiger partial charge is 0.337 e. The minimum absolute atomic E-state index is 0.0398. The van der Waals surface area contributed by atoms with Gasteiger partial charge in [0.05, 0.1) is 6.61 Å². The van der Waals surface area contributed by atoms with Crippen LogP contribution < -0.4 is 4.74 Å². The van der Waals surface area contributed by atoms with E-state index in [-0.39, 0.29) is 12.6 Å². The Hall–Kier alpha value is -1.39. The lowest BCUT2D eigenvalue weighted by atomic mass is 9.84. The number of hydrogen-bond donors (Lipinski definition) is 0. The summed E-state index contributed by atoms with van der Waals surface area (Å²) >= 11 is 0. The van der Waals surface area contributed by atoms with E-state index in [0.717, 1.165) is 0 Å². The zero-order chi connectivity index (χ0) is 15.2. The van der Waals surface area contributed by atoms with E-state index in [1.165, 1.54) is 45.2 Å². The molecule has 0 N–H and O–H groups in total. The summed E-state index contributed by atoms with van der Waals surface area (Å²) in [6.07, 6.45) is 6.40. The van der Waals surface area contributed by atoms with Gasteiger partial charge in [-0.25, -0.2) is 4.79 Å². The summed E-state index contributed by atoms with van der Waals surface area (Å²) in [5, 5.41) is 0. The molecule has 4 nitrogen and oxygen atoms in total. The molecule has 0 amide bonds. The topological polar surface area (TPSA) is 38.8 Å². The standard InChI is InChI=1S/C18H25NO3/c20-18(22-16-8-2-1-3-9-16)14-21-13-15-7-6-12-19-11-5-4-10-17(15)19/h1-3,8-9,15,17H,4-7,10-14H2. The molecule has 0 spiro atoms. The molecule has 2 aliphatic rings. The fourth-order valence-electron chi connectivity index (χ4n) is 3.71. The van der Waals surface area contributed by atoms with E-state index in [9.17, 15) is 4.79 Å². The largest absolute Gasteiger partial charge is 0.425 e. The van der Waals surface area contributed by atoms with Crippen LogP contribution in [0.15, 0.2) is 30.3 Å². The number of hydrogen-bond acceptors (Lipinski definition) is 4. The maximum atomic E-state index is 11.8. The van der Waals surface area contributed by atoms with E-state index in [1.54, 1.807) is 12.1 Å². The summed E-state index contributed by atoms with van der Waals surface area (Å²) in [5.41, 5.74) is 0. The fourth-order valence-corrected chi connectivity index (χ4v) is 3.71. The highest BCUT2D eigenvalue weighted by Crippen LogP contribution is 2.30. The first kappa shape index (κ1) is 15.5. The van der Waals surface area contributed by atoms with Gasteiger partial charge in [-0.3, -0.25) is 0 Å². The van der Waals surface area contributed by atoms with Crippen molar-refractivity contribution in [3.8, 4) is 5.75 Å². The van der Waals surface area contributed by atoms with Crippen molar-refractivity contribution in [3.63, 3.8) is 0 Å². The van der Waals surface area contributed by atoms with Crippen LogP contribution in [-0.2, 0) is 9.53 Å². The second-order valence-electron chi connectivity index (χ2n) is 6.30. The van der Waals surface area contributed by atoms with Crippen molar-refractivity contribution in [1.29, 1.82) is 0 Å². The lowest BCUT2D eigenvalue weighted by Gasteiger charge is -2.44. The van der Waals surface area contributed by atoms with Crippen LogP contribution in [0.4, 0.5) is 0 Å². The molecule has 2 atom stereocenters. The van der Waals surface area contributed by atoms with Gasteiger partial charge in [0.25, 0.3) is 0 Å². The number of fused-ring (bicyclic) bond motifs is 1. The van der Waals surface area contributed by atoms with E-state index in [2.05, 4.69) is 4.90 Å². The number of esters is 1. The fraction of sp³-hybridized carbons (Fsp3) is 0.611. The summed E-state index contributed by atoms with van der Waals surface area (Å²) in [6.45, 7) is 3.18. The number of para-hydroxylation sites is 1. The maximum Gasteiger partial charge on any atom is 0.337 e. The summed E-state index contributed by atoms with van der Waals surface area (Å²) in [5.74, 6) is 0.827. The monoisotopic (exact) mass is 303 g/mol. The van der Waals surface area contributed by atoms with Crippen molar-refractivity contribution < 1.29 is 14.3 Å². The molecule has 2 heterocycles. The molecule has 0 aromatic heterocycles. The van der Waals surface area contributed by atoms with Crippen LogP contribution in [0.25, 0.3) is 0 Å². The third-order valence-corrected chi connectivity index (χ3v) is 4.76. The van der Waals surface area contributed by atoms with Crippen LogP contribution in [0, 0.1) is 5.92 Å². The Bertz CT molecular complexity index is 474. The Morgan fingerprint density at radius 1 is 1.09 bits per heavy atom. The van der Waals surface area contributed by atoms with Crippen LogP contribution in [0.3, 0.4) is 0 Å². The molecule has 2 aliphatic heterocycles. The lowest BCUT2D eigenvalue weighted by Crippen LogP contribution is -2.49. The van der Waals surface area contributed by atoms with E-state index in [4.69, 9.17) is 9.47 Å². The molecule has 1 aromatic rings. The number of benzene rings is 1. The SMILES string of the molecule is O=C(COCC1CCCN2CCCCC12)Oc1ccccc1. The van der Waals surface area contributed by atoms with Crippen molar-refractivity contribution in [2.45, 2.75) is 38.1 Å². The zero-order valence-electron chi connectivity index (χ0n) is 13.1. The normalized spacial score (nSPS) is 25.5. The van der Waals surface area contributed by atoms with Gasteiger partial charge in [-0.1, -0.05) is 24.6 Å². The Kier molecular flexibility index (Phi) is 5.46. The third-order valence-electron chi connectivity index (χ3n) is 4.76. The van der Waals surface area contributed by atoms with Crippen LogP contribution in [-0.4, -0.2) is 43.2 Å². The van der Waals surface area contributed by atoms with E-state index in [1.807, 2.05) is 18.2 Å². The number of nitrogens with zero attached hydrogens (tertiary/aromatic N) is 1. The molecular weight excluding hydrogens is 278 g/mol. The highest BCUT2D eigenvalue weighted by Gasteiger charge is 2.32. The predicted octanol–water partition coefficient (Wildman–Crippen LogP) is 2.87. The minimum Gasteiger partial charge on any atom is -0.425 e. The molecule has 2 unspecified atom stereocenters. The van der Waals surface area contributed by atoms with Gasteiger partial charge in [-0.2, -0.15) is 0 Å². The van der Waals surface area contributed by atoms with Crippen molar-refractivity contribution in [2.75, 3.05) is 26.3 Å². The van der Waals surface area contributed by atoms with Crippen molar-refractivity contribution in [3.05, 3.63) is 30.3 Å².